The molecule has 0 saturated carbocycles. The van der Waals surface area contributed by atoms with E-state index in [1.165, 1.54) is 0 Å². The topological polar surface area (TPSA) is 64.7 Å². The highest BCUT2D eigenvalue weighted by Crippen LogP contribution is 2.11. The first-order valence-electron chi connectivity index (χ1n) is 5.94. The number of nitrogens with one attached hydrogen (secondary N) is 1. The molecule has 0 aromatic carbocycles. The second kappa shape index (κ2) is 5.56. The summed E-state index contributed by atoms with van der Waals surface area (Å²) in [4.78, 5) is 12.0. The van der Waals surface area contributed by atoms with E-state index in [-0.39, 0.29) is 11.9 Å². The molecule has 1 amide bonds. The maximum absolute atomic E-state index is 12.0. The standard InChI is InChI=1S/C12H16BrN5O/c1-8-4-11(17(3)16-8)6-14-12(19)9(2)18-7-10(13)5-15-18/h4-5,7,9H,6H2,1-3H3,(H,14,19). The summed E-state index contributed by atoms with van der Waals surface area (Å²) in [5.41, 5.74) is 1.91. The van der Waals surface area contributed by atoms with Gasteiger partial charge in [-0.15, -0.1) is 0 Å². The van der Waals surface area contributed by atoms with Crippen molar-refractivity contribution in [1.82, 2.24) is 24.9 Å². The van der Waals surface area contributed by atoms with Crippen LogP contribution in [-0.2, 0) is 18.4 Å². The van der Waals surface area contributed by atoms with Gasteiger partial charge in [-0.05, 0) is 35.8 Å². The van der Waals surface area contributed by atoms with Gasteiger partial charge in [-0.25, -0.2) is 0 Å². The largest absolute Gasteiger partial charge is 0.349 e. The molecule has 0 spiro atoms. The predicted molar refractivity (Wildman–Crippen MR) is 74.4 cm³/mol. The monoisotopic (exact) mass is 325 g/mol. The number of nitrogens with zero attached hydrogens (tertiary/aromatic N) is 4. The van der Waals surface area contributed by atoms with Crippen LogP contribution in [-0.4, -0.2) is 25.5 Å². The number of halogens is 1. The second-order valence-electron chi connectivity index (χ2n) is 4.43. The van der Waals surface area contributed by atoms with Gasteiger partial charge in [0, 0.05) is 13.2 Å². The molecule has 102 valence electrons. The minimum absolute atomic E-state index is 0.0746. The molecule has 2 rings (SSSR count). The van der Waals surface area contributed by atoms with Crippen LogP contribution < -0.4 is 5.32 Å². The highest BCUT2D eigenvalue weighted by molar-refractivity contribution is 9.10. The lowest BCUT2D eigenvalue weighted by molar-refractivity contribution is -0.124. The molecular weight excluding hydrogens is 310 g/mol. The lowest BCUT2D eigenvalue weighted by Crippen LogP contribution is -2.31. The first kappa shape index (κ1) is 13.8. The van der Waals surface area contributed by atoms with E-state index in [1.807, 2.05) is 27.0 Å². The van der Waals surface area contributed by atoms with Crippen LogP contribution in [0.25, 0.3) is 0 Å². The van der Waals surface area contributed by atoms with Crippen molar-refractivity contribution < 1.29 is 4.79 Å². The van der Waals surface area contributed by atoms with Crippen LogP contribution in [0.15, 0.2) is 22.9 Å². The van der Waals surface area contributed by atoms with Gasteiger partial charge in [0.25, 0.3) is 0 Å². The molecule has 0 aliphatic heterocycles. The van der Waals surface area contributed by atoms with Crippen molar-refractivity contribution in [2.24, 2.45) is 7.05 Å². The first-order valence-corrected chi connectivity index (χ1v) is 6.73. The van der Waals surface area contributed by atoms with Crippen molar-refractivity contribution in [2.45, 2.75) is 26.4 Å². The molecule has 2 aromatic rings. The Labute approximate surface area is 119 Å². The average molecular weight is 326 g/mol. The van der Waals surface area contributed by atoms with Crippen molar-refractivity contribution in [1.29, 1.82) is 0 Å². The summed E-state index contributed by atoms with van der Waals surface area (Å²) in [6, 6.07) is 1.61. The van der Waals surface area contributed by atoms with Gasteiger partial charge in [-0.2, -0.15) is 10.2 Å². The summed E-state index contributed by atoms with van der Waals surface area (Å²) in [6.07, 6.45) is 3.44. The van der Waals surface area contributed by atoms with Gasteiger partial charge in [0.2, 0.25) is 5.91 Å². The molecule has 2 heterocycles. The van der Waals surface area contributed by atoms with Crippen LogP contribution in [0.3, 0.4) is 0 Å². The van der Waals surface area contributed by atoms with Crippen molar-refractivity contribution in [3.8, 4) is 0 Å². The molecule has 7 heteroatoms. The van der Waals surface area contributed by atoms with Gasteiger partial charge in [0.05, 0.1) is 28.6 Å². The summed E-state index contributed by atoms with van der Waals surface area (Å²) in [5, 5.41) is 11.2. The van der Waals surface area contributed by atoms with Gasteiger partial charge < -0.3 is 5.32 Å². The molecule has 0 bridgehead atoms. The summed E-state index contributed by atoms with van der Waals surface area (Å²) in [5.74, 6) is -0.0746. The number of carbonyl (C=O) groups excluding carboxylic acids is 1. The summed E-state index contributed by atoms with van der Waals surface area (Å²) in [6.45, 7) is 4.20. The van der Waals surface area contributed by atoms with Gasteiger partial charge in [0.1, 0.15) is 6.04 Å². The van der Waals surface area contributed by atoms with Gasteiger partial charge in [0.15, 0.2) is 0 Å². The Bertz CT molecular complexity index is 589. The van der Waals surface area contributed by atoms with Crippen LogP contribution >= 0.6 is 15.9 Å². The molecule has 0 aliphatic rings. The van der Waals surface area contributed by atoms with E-state index < -0.39 is 0 Å². The predicted octanol–water partition coefficient (Wildman–Crippen LogP) is 1.56. The fourth-order valence-electron chi connectivity index (χ4n) is 1.80. The van der Waals surface area contributed by atoms with Gasteiger partial charge >= 0.3 is 0 Å². The molecular formula is C12H16BrN5O. The molecule has 1 atom stereocenters. The van der Waals surface area contributed by atoms with Crippen LogP contribution in [0.4, 0.5) is 0 Å². The Morgan fingerprint density at radius 2 is 2.32 bits per heavy atom. The molecule has 19 heavy (non-hydrogen) atoms. The third-order valence-electron chi connectivity index (χ3n) is 2.89. The van der Waals surface area contributed by atoms with Gasteiger partial charge in [-0.3, -0.25) is 14.2 Å². The molecule has 0 aliphatic carbocycles. The van der Waals surface area contributed by atoms with Crippen LogP contribution in [0, 0.1) is 6.92 Å². The van der Waals surface area contributed by atoms with E-state index in [0.717, 1.165) is 15.9 Å². The number of aryl methyl sites for hydroxylation is 2. The van der Waals surface area contributed by atoms with Crippen LogP contribution in [0.1, 0.15) is 24.4 Å². The SMILES string of the molecule is Cc1cc(CNC(=O)C(C)n2cc(Br)cn2)n(C)n1. The fourth-order valence-corrected chi connectivity index (χ4v) is 2.10. The molecule has 6 nitrogen and oxygen atoms in total. The Balaban J connectivity index is 1.96. The molecule has 0 radical (unpaired) electrons. The summed E-state index contributed by atoms with van der Waals surface area (Å²) < 4.78 is 4.24. The molecule has 1 unspecified atom stereocenters. The second-order valence-corrected chi connectivity index (χ2v) is 5.35. The fraction of sp³-hybridized carbons (Fsp3) is 0.417. The number of hydrogen-bond donors (Lipinski definition) is 1. The average Bonchev–Trinajstić information content (AvgIpc) is 2.91. The highest BCUT2D eigenvalue weighted by Gasteiger charge is 2.15. The molecule has 0 saturated heterocycles. The third kappa shape index (κ3) is 3.23. The Kier molecular flexibility index (Phi) is 4.04. The number of aromatic nitrogens is 4. The zero-order valence-corrected chi connectivity index (χ0v) is 12.7. The Morgan fingerprint density at radius 1 is 1.58 bits per heavy atom. The van der Waals surface area contributed by atoms with E-state index in [9.17, 15) is 4.79 Å². The molecule has 2 aromatic heterocycles. The minimum atomic E-state index is -0.347. The lowest BCUT2D eigenvalue weighted by Gasteiger charge is -2.12. The number of amides is 1. The Morgan fingerprint density at radius 3 is 2.84 bits per heavy atom. The van der Waals surface area contributed by atoms with Gasteiger partial charge in [-0.1, -0.05) is 0 Å². The third-order valence-corrected chi connectivity index (χ3v) is 3.30. The Hall–Kier alpha value is -1.63. The highest BCUT2D eigenvalue weighted by atomic mass is 79.9. The summed E-state index contributed by atoms with van der Waals surface area (Å²) in [7, 11) is 1.86. The quantitative estimate of drug-likeness (QED) is 0.927. The maximum atomic E-state index is 12.0. The van der Waals surface area contributed by atoms with Crippen molar-refractivity contribution in [2.75, 3.05) is 0 Å². The maximum Gasteiger partial charge on any atom is 0.244 e. The van der Waals surface area contributed by atoms with E-state index in [0.29, 0.717) is 6.54 Å². The van der Waals surface area contributed by atoms with E-state index in [1.54, 1.807) is 21.8 Å². The zero-order chi connectivity index (χ0) is 14.0. The molecule has 1 N–H and O–H groups in total. The number of rotatable bonds is 4. The smallest absolute Gasteiger partial charge is 0.244 e. The minimum Gasteiger partial charge on any atom is -0.349 e. The zero-order valence-electron chi connectivity index (χ0n) is 11.1. The lowest BCUT2D eigenvalue weighted by atomic mass is 10.3. The van der Waals surface area contributed by atoms with Crippen LogP contribution in [0.2, 0.25) is 0 Å². The van der Waals surface area contributed by atoms with Crippen LogP contribution in [0.5, 0.6) is 0 Å². The van der Waals surface area contributed by atoms with Crippen molar-refractivity contribution in [3.63, 3.8) is 0 Å². The van der Waals surface area contributed by atoms with Crippen molar-refractivity contribution in [3.05, 3.63) is 34.3 Å². The first-order chi connectivity index (χ1) is 8.97. The molecule has 0 fully saturated rings. The van der Waals surface area contributed by atoms with E-state index >= 15 is 0 Å². The number of carbonyl (C=O) groups is 1. The van der Waals surface area contributed by atoms with E-state index in [2.05, 4.69) is 31.4 Å². The van der Waals surface area contributed by atoms with Crippen molar-refractivity contribution >= 4 is 21.8 Å². The normalized spacial score (nSPS) is 12.4. The number of hydrogen-bond acceptors (Lipinski definition) is 3. The van der Waals surface area contributed by atoms with E-state index in [4.69, 9.17) is 0 Å². The summed E-state index contributed by atoms with van der Waals surface area (Å²) >= 11 is 3.31.